The summed E-state index contributed by atoms with van der Waals surface area (Å²) in [5.41, 5.74) is 5.66. The van der Waals surface area contributed by atoms with Gasteiger partial charge >= 0.3 is 5.97 Å². The van der Waals surface area contributed by atoms with Gasteiger partial charge in [0.1, 0.15) is 0 Å². The highest BCUT2D eigenvalue weighted by Crippen LogP contribution is 2.43. The molecule has 0 aromatic rings. The van der Waals surface area contributed by atoms with Gasteiger partial charge in [0.15, 0.2) is 4.87 Å². The zero-order valence-corrected chi connectivity index (χ0v) is 8.72. The summed E-state index contributed by atoms with van der Waals surface area (Å²) < 4.78 is 0. The number of amides is 1. The van der Waals surface area contributed by atoms with Crippen LogP contribution in [0.5, 0.6) is 0 Å². The molecule has 0 aliphatic carbocycles. The Labute approximate surface area is 89.6 Å². The van der Waals surface area contributed by atoms with Crippen molar-refractivity contribution in [2.45, 2.75) is 22.0 Å². The number of carbonyl (C=O) groups is 2. The maximum Gasteiger partial charge on any atom is 0.329 e. The van der Waals surface area contributed by atoms with Crippen LogP contribution in [0.4, 0.5) is 0 Å². The number of thioether (sulfide) groups is 1. The first-order valence-corrected chi connectivity index (χ1v) is 5.40. The first-order chi connectivity index (χ1) is 6.45. The largest absolute Gasteiger partial charge is 0.480 e. The molecule has 0 aromatic carbocycles. The number of nitrogens with zero attached hydrogens (tertiary/aromatic N) is 1. The van der Waals surface area contributed by atoms with Crippen LogP contribution in [0.15, 0.2) is 0 Å². The van der Waals surface area contributed by atoms with E-state index in [9.17, 15) is 9.59 Å². The SMILES string of the molecule is NC1S[C@@H]2CC(=O)N2CC1(Cl)C(=O)O. The fourth-order valence-corrected chi connectivity index (χ4v) is 3.13. The number of halogens is 1. The Kier molecular flexibility index (Phi) is 2.17. The molecule has 2 unspecified atom stereocenters. The molecular weight excluding hydrogens is 228 g/mol. The monoisotopic (exact) mass is 236 g/mol. The van der Waals surface area contributed by atoms with Crippen molar-refractivity contribution in [3.05, 3.63) is 0 Å². The van der Waals surface area contributed by atoms with Gasteiger partial charge in [-0.15, -0.1) is 23.4 Å². The smallest absolute Gasteiger partial charge is 0.329 e. The van der Waals surface area contributed by atoms with E-state index in [2.05, 4.69) is 0 Å². The van der Waals surface area contributed by atoms with E-state index in [0.29, 0.717) is 6.42 Å². The van der Waals surface area contributed by atoms with E-state index in [-0.39, 0.29) is 17.8 Å². The van der Waals surface area contributed by atoms with Crippen molar-refractivity contribution in [3.8, 4) is 0 Å². The average molecular weight is 237 g/mol. The molecule has 3 N–H and O–H groups in total. The summed E-state index contributed by atoms with van der Waals surface area (Å²) in [6.07, 6.45) is 0.435. The van der Waals surface area contributed by atoms with Crippen LogP contribution < -0.4 is 5.73 Å². The summed E-state index contributed by atoms with van der Waals surface area (Å²) >= 11 is 7.13. The Hall–Kier alpha value is -0.460. The second kappa shape index (κ2) is 3.01. The lowest BCUT2D eigenvalue weighted by Crippen LogP contribution is -2.67. The number of fused-ring (bicyclic) bond motifs is 1. The number of hydrogen-bond acceptors (Lipinski definition) is 4. The highest BCUT2D eigenvalue weighted by Gasteiger charge is 2.55. The van der Waals surface area contributed by atoms with E-state index in [1.54, 1.807) is 0 Å². The highest BCUT2D eigenvalue weighted by atomic mass is 35.5. The molecule has 0 saturated carbocycles. The molecule has 0 spiro atoms. The zero-order chi connectivity index (χ0) is 10.5. The Morgan fingerprint density at radius 3 is 2.93 bits per heavy atom. The molecule has 0 aromatic heterocycles. The molecule has 78 valence electrons. The predicted octanol–water partition coefficient (Wildman–Crippen LogP) is -0.361. The molecule has 2 saturated heterocycles. The van der Waals surface area contributed by atoms with Gasteiger partial charge in [-0.25, -0.2) is 0 Å². The minimum absolute atomic E-state index is 0.00154. The lowest BCUT2D eigenvalue weighted by molar-refractivity contribution is -0.147. The number of nitrogens with two attached hydrogens (primary N) is 1. The molecule has 3 atom stereocenters. The molecule has 1 amide bonds. The van der Waals surface area contributed by atoms with E-state index in [1.807, 2.05) is 0 Å². The molecule has 2 rings (SSSR count). The quantitative estimate of drug-likeness (QED) is 0.480. The summed E-state index contributed by atoms with van der Waals surface area (Å²) in [6.45, 7) is 0.00154. The molecule has 14 heavy (non-hydrogen) atoms. The molecule has 0 radical (unpaired) electrons. The third-order valence-electron chi connectivity index (χ3n) is 2.53. The van der Waals surface area contributed by atoms with E-state index in [1.165, 1.54) is 16.7 Å². The number of carbonyl (C=O) groups excluding carboxylic acids is 1. The van der Waals surface area contributed by atoms with Crippen LogP contribution in [0, 0.1) is 0 Å². The van der Waals surface area contributed by atoms with Crippen LogP contribution in [0.2, 0.25) is 0 Å². The van der Waals surface area contributed by atoms with Crippen molar-refractivity contribution in [3.63, 3.8) is 0 Å². The minimum Gasteiger partial charge on any atom is -0.480 e. The summed E-state index contributed by atoms with van der Waals surface area (Å²) in [7, 11) is 0. The van der Waals surface area contributed by atoms with Gasteiger partial charge in [-0.3, -0.25) is 9.59 Å². The van der Waals surface area contributed by atoms with Crippen LogP contribution >= 0.6 is 23.4 Å². The molecule has 2 heterocycles. The minimum atomic E-state index is -1.54. The first kappa shape index (κ1) is 10.1. The van der Waals surface area contributed by atoms with Crippen LogP contribution in [0.25, 0.3) is 0 Å². The lowest BCUT2D eigenvalue weighted by atomic mass is 10.0. The van der Waals surface area contributed by atoms with Crippen molar-refractivity contribution in [2.75, 3.05) is 6.54 Å². The molecule has 2 aliphatic heterocycles. The fraction of sp³-hybridized carbons (Fsp3) is 0.714. The highest BCUT2D eigenvalue weighted by molar-refractivity contribution is 8.00. The summed E-state index contributed by atoms with van der Waals surface area (Å²) in [4.78, 5) is 21.9. The number of alkyl halides is 1. The predicted molar refractivity (Wildman–Crippen MR) is 51.9 cm³/mol. The zero-order valence-electron chi connectivity index (χ0n) is 7.14. The van der Waals surface area contributed by atoms with E-state index in [4.69, 9.17) is 22.4 Å². The number of rotatable bonds is 1. The Morgan fingerprint density at radius 1 is 1.79 bits per heavy atom. The first-order valence-electron chi connectivity index (χ1n) is 4.08. The number of carboxylic acid groups (broad SMARTS) is 1. The second-order valence-electron chi connectivity index (χ2n) is 3.40. The molecule has 5 nitrogen and oxygen atoms in total. The Bertz CT molecular complexity index is 313. The van der Waals surface area contributed by atoms with E-state index in [0.717, 1.165) is 0 Å². The van der Waals surface area contributed by atoms with Gasteiger partial charge in [0.2, 0.25) is 5.91 Å². The maximum absolute atomic E-state index is 11.1. The van der Waals surface area contributed by atoms with Crippen LogP contribution in [0.1, 0.15) is 6.42 Å². The normalized spacial score (nSPS) is 41.6. The van der Waals surface area contributed by atoms with Crippen molar-refractivity contribution >= 4 is 35.2 Å². The van der Waals surface area contributed by atoms with E-state index >= 15 is 0 Å². The standard InChI is InChI=1S/C7H9ClN2O3S/c8-7(6(12)13)2-10-3(11)1-4(10)14-5(7)9/h4-5H,1-2,9H2,(H,12,13)/t4-,5?,7?/m1/s1. The van der Waals surface area contributed by atoms with E-state index < -0.39 is 16.2 Å². The van der Waals surface area contributed by atoms with Crippen molar-refractivity contribution < 1.29 is 14.7 Å². The third kappa shape index (κ3) is 1.21. The number of β-lactam (4-membered cyclic amide) rings is 1. The Morgan fingerprint density at radius 2 is 2.43 bits per heavy atom. The maximum atomic E-state index is 11.1. The molecular formula is C7H9ClN2O3S. The average Bonchev–Trinajstić information content (AvgIpc) is 2.11. The number of carboxylic acids is 1. The van der Waals surface area contributed by atoms with Gasteiger partial charge in [0.25, 0.3) is 0 Å². The fourth-order valence-electron chi connectivity index (χ4n) is 1.54. The van der Waals surface area contributed by atoms with Gasteiger partial charge in [-0.1, -0.05) is 0 Å². The van der Waals surface area contributed by atoms with Crippen LogP contribution in [-0.2, 0) is 9.59 Å². The summed E-state index contributed by atoms with van der Waals surface area (Å²) in [5, 5.41) is 8.27. The summed E-state index contributed by atoms with van der Waals surface area (Å²) in [5.74, 6) is -1.22. The number of aliphatic carboxylic acids is 1. The third-order valence-corrected chi connectivity index (χ3v) is 4.60. The van der Waals surface area contributed by atoms with Gasteiger partial charge in [-0.2, -0.15) is 0 Å². The van der Waals surface area contributed by atoms with Gasteiger partial charge < -0.3 is 15.7 Å². The molecule has 2 aliphatic rings. The Balaban J connectivity index is 2.20. The molecule has 0 bridgehead atoms. The van der Waals surface area contributed by atoms with Gasteiger partial charge in [0.05, 0.1) is 23.7 Å². The van der Waals surface area contributed by atoms with Crippen LogP contribution in [0.3, 0.4) is 0 Å². The van der Waals surface area contributed by atoms with Crippen molar-refractivity contribution in [2.24, 2.45) is 5.73 Å². The number of hydrogen-bond donors (Lipinski definition) is 2. The van der Waals surface area contributed by atoms with Gasteiger partial charge in [0, 0.05) is 0 Å². The lowest BCUT2D eigenvalue weighted by Gasteiger charge is -2.50. The second-order valence-corrected chi connectivity index (χ2v) is 5.40. The topological polar surface area (TPSA) is 83.6 Å². The molecule has 7 heteroatoms. The van der Waals surface area contributed by atoms with Crippen molar-refractivity contribution in [1.82, 2.24) is 4.90 Å². The summed E-state index contributed by atoms with van der Waals surface area (Å²) in [6, 6.07) is 0. The van der Waals surface area contributed by atoms with Crippen LogP contribution in [-0.4, -0.2) is 44.0 Å². The van der Waals surface area contributed by atoms with Gasteiger partial charge in [-0.05, 0) is 0 Å². The van der Waals surface area contributed by atoms with Crippen molar-refractivity contribution in [1.29, 1.82) is 0 Å². The molecule has 2 fully saturated rings.